The number of likely N-dealkylation sites (tertiary alicyclic amines) is 1. The molecule has 2 fully saturated rings. The van der Waals surface area contributed by atoms with Gasteiger partial charge in [-0.15, -0.1) is 0 Å². The zero-order valence-electron chi connectivity index (χ0n) is 9.32. The molecular weight excluding hydrogens is 208 g/mol. The number of imide groups is 1. The predicted molar refractivity (Wildman–Crippen MR) is 57.6 cm³/mol. The molecule has 0 saturated carbocycles. The summed E-state index contributed by atoms with van der Waals surface area (Å²) < 4.78 is 0. The predicted octanol–water partition coefficient (Wildman–Crippen LogP) is -0.504. The van der Waals surface area contributed by atoms with E-state index in [1.807, 2.05) is 0 Å². The van der Waals surface area contributed by atoms with Crippen molar-refractivity contribution < 1.29 is 14.7 Å². The minimum Gasteiger partial charge on any atom is -0.396 e. The van der Waals surface area contributed by atoms with E-state index in [1.165, 1.54) is 0 Å². The van der Waals surface area contributed by atoms with Gasteiger partial charge in [-0.1, -0.05) is 0 Å². The first-order chi connectivity index (χ1) is 7.70. The number of rotatable bonds is 3. The Balaban J connectivity index is 1.93. The molecule has 5 nitrogen and oxygen atoms in total. The molecule has 0 aliphatic carbocycles. The largest absolute Gasteiger partial charge is 0.396 e. The molecule has 2 aliphatic rings. The van der Waals surface area contributed by atoms with Gasteiger partial charge < -0.3 is 5.11 Å². The highest BCUT2D eigenvalue weighted by atomic mass is 16.3. The molecule has 90 valence electrons. The maximum atomic E-state index is 11.5. The fourth-order valence-corrected chi connectivity index (χ4v) is 2.63. The average molecular weight is 226 g/mol. The van der Waals surface area contributed by atoms with Crippen molar-refractivity contribution in [2.45, 2.75) is 31.7 Å². The molecule has 16 heavy (non-hydrogen) atoms. The second kappa shape index (κ2) is 4.93. The number of carbonyl (C=O) groups is 2. The van der Waals surface area contributed by atoms with Gasteiger partial charge in [0.1, 0.15) is 0 Å². The van der Waals surface area contributed by atoms with Crippen LogP contribution in [0.3, 0.4) is 0 Å². The summed E-state index contributed by atoms with van der Waals surface area (Å²) in [7, 11) is 0. The smallest absolute Gasteiger partial charge is 0.244 e. The highest BCUT2D eigenvalue weighted by Gasteiger charge is 2.37. The zero-order valence-corrected chi connectivity index (χ0v) is 9.32. The van der Waals surface area contributed by atoms with E-state index < -0.39 is 0 Å². The molecule has 2 saturated heterocycles. The molecule has 2 rings (SSSR count). The third kappa shape index (κ3) is 2.41. The molecule has 2 atom stereocenters. The van der Waals surface area contributed by atoms with Crippen molar-refractivity contribution in [3.63, 3.8) is 0 Å². The lowest BCUT2D eigenvalue weighted by Crippen LogP contribution is -2.46. The lowest BCUT2D eigenvalue weighted by atomic mass is 9.94. The van der Waals surface area contributed by atoms with E-state index in [4.69, 9.17) is 5.11 Å². The second-order valence-electron chi connectivity index (χ2n) is 4.65. The highest BCUT2D eigenvalue weighted by Crippen LogP contribution is 2.23. The van der Waals surface area contributed by atoms with Gasteiger partial charge in [-0.3, -0.25) is 19.8 Å². The summed E-state index contributed by atoms with van der Waals surface area (Å²) in [5.74, 6) is 0.135. The van der Waals surface area contributed by atoms with Crippen molar-refractivity contribution >= 4 is 11.8 Å². The molecule has 0 bridgehead atoms. The molecule has 2 amide bonds. The minimum atomic E-state index is -0.269. The van der Waals surface area contributed by atoms with Crippen LogP contribution in [0.1, 0.15) is 25.7 Å². The number of aliphatic hydroxyl groups is 1. The van der Waals surface area contributed by atoms with Crippen molar-refractivity contribution in [2.24, 2.45) is 5.92 Å². The quantitative estimate of drug-likeness (QED) is 0.636. The van der Waals surface area contributed by atoms with Crippen molar-refractivity contribution in [1.29, 1.82) is 0 Å². The Hall–Kier alpha value is -0.940. The van der Waals surface area contributed by atoms with E-state index in [-0.39, 0.29) is 24.5 Å². The summed E-state index contributed by atoms with van der Waals surface area (Å²) in [6, 6.07) is -0.269. The molecule has 5 heteroatoms. The molecule has 2 unspecified atom stereocenters. The Bertz CT molecular complexity index is 291. The third-order valence-electron chi connectivity index (χ3n) is 3.47. The minimum absolute atomic E-state index is 0.158. The van der Waals surface area contributed by atoms with Crippen LogP contribution in [0.15, 0.2) is 0 Å². The van der Waals surface area contributed by atoms with E-state index in [0.29, 0.717) is 12.3 Å². The Morgan fingerprint density at radius 1 is 1.44 bits per heavy atom. The van der Waals surface area contributed by atoms with Gasteiger partial charge in [0, 0.05) is 13.2 Å². The van der Waals surface area contributed by atoms with Crippen molar-refractivity contribution in [3.05, 3.63) is 0 Å². The van der Waals surface area contributed by atoms with Gasteiger partial charge in [0.05, 0.1) is 12.5 Å². The number of amides is 2. The lowest BCUT2D eigenvalue weighted by molar-refractivity contribution is -0.126. The van der Waals surface area contributed by atoms with Crippen LogP contribution in [0.2, 0.25) is 0 Å². The summed E-state index contributed by atoms with van der Waals surface area (Å²) in [6.07, 6.45) is 3.24. The second-order valence-corrected chi connectivity index (χ2v) is 4.65. The normalized spacial score (nSPS) is 31.8. The molecule has 0 spiro atoms. The van der Waals surface area contributed by atoms with Gasteiger partial charge >= 0.3 is 0 Å². The standard InChI is InChI=1S/C11H18N2O3/c14-5-3-8-2-1-4-13(7-8)9-6-10(15)12-11(9)16/h8-9,14H,1-7H2,(H,12,15,16). The first-order valence-corrected chi connectivity index (χ1v) is 5.89. The van der Waals surface area contributed by atoms with Crippen LogP contribution >= 0.6 is 0 Å². The Labute approximate surface area is 94.8 Å². The fourth-order valence-electron chi connectivity index (χ4n) is 2.63. The molecular formula is C11H18N2O3. The van der Waals surface area contributed by atoms with E-state index >= 15 is 0 Å². The van der Waals surface area contributed by atoms with E-state index in [2.05, 4.69) is 10.2 Å². The number of piperidine rings is 1. The Morgan fingerprint density at radius 2 is 2.25 bits per heavy atom. The van der Waals surface area contributed by atoms with Crippen LogP contribution in [-0.2, 0) is 9.59 Å². The van der Waals surface area contributed by atoms with Crippen LogP contribution in [0.5, 0.6) is 0 Å². The van der Waals surface area contributed by atoms with Gasteiger partial charge in [-0.05, 0) is 31.7 Å². The van der Waals surface area contributed by atoms with Crippen LogP contribution in [0.25, 0.3) is 0 Å². The van der Waals surface area contributed by atoms with Crippen LogP contribution < -0.4 is 5.32 Å². The molecule has 2 heterocycles. The topological polar surface area (TPSA) is 69.6 Å². The van der Waals surface area contributed by atoms with E-state index in [0.717, 1.165) is 32.4 Å². The molecule has 0 aromatic rings. The summed E-state index contributed by atoms with van der Waals surface area (Å²) in [4.78, 5) is 24.7. The number of nitrogens with one attached hydrogen (secondary N) is 1. The summed E-state index contributed by atoms with van der Waals surface area (Å²) in [5.41, 5.74) is 0. The van der Waals surface area contributed by atoms with Crippen LogP contribution in [0.4, 0.5) is 0 Å². The van der Waals surface area contributed by atoms with Crippen molar-refractivity contribution in [1.82, 2.24) is 10.2 Å². The Kier molecular flexibility index (Phi) is 3.56. The van der Waals surface area contributed by atoms with Gasteiger partial charge in [-0.2, -0.15) is 0 Å². The first-order valence-electron chi connectivity index (χ1n) is 5.89. The van der Waals surface area contributed by atoms with Gasteiger partial charge in [0.2, 0.25) is 11.8 Å². The number of aliphatic hydroxyl groups excluding tert-OH is 1. The summed E-state index contributed by atoms with van der Waals surface area (Å²) in [5, 5.41) is 11.3. The van der Waals surface area contributed by atoms with Crippen molar-refractivity contribution in [2.75, 3.05) is 19.7 Å². The van der Waals surface area contributed by atoms with Crippen LogP contribution in [0, 0.1) is 5.92 Å². The SMILES string of the molecule is O=C1CC(N2CCCC(CCO)C2)C(=O)N1. The number of nitrogens with zero attached hydrogens (tertiary/aromatic N) is 1. The molecule has 2 N–H and O–H groups in total. The number of hydrogen-bond donors (Lipinski definition) is 2. The average Bonchev–Trinajstić information content (AvgIpc) is 2.59. The maximum absolute atomic E-state index is 11.5. The Morgan fingerprint density at radius 3 is 2.88 bits per heavy atom. The zero-order chi connectivity index (χ0) is 11.5. The monoisotopic (exact) mass is 226 g/mol. The number of carbonyl (C=O) groups excluding carboxylic acids is 2. The number of hydrogen-bond acceptors (Lipinski definition) is 4. The highest BCUT2D eigenvalue weighted by molar-refractivity contribution is 6.05. The first kappa shape index (κ1) is 11.5. The molecule has 0 aromatic carbocycles. The lowest BCUT2D eigenvalue weighted by Gasteiger charge is -2.35. The molecule has 0 radical (unpaired) electrons. The van der Waals surface area contributed by atoms with Gasteiger partial charge in [0.15, 0.2) is 0 Å². The maximum Gasteiger partial charge on any atom is 0.244 e. The van der Waals surface area contributed by atoms with E-state index in [9.17, 15) is 9.59 Å². The third-order valence-corrected chi connectivity index (χ3v) is 3.47. The summed E-state index contributed by atoms with van der Waals surface area (Å²) in [6.45, 7) is 1.91. The van der Waals surface area contributed by atoms with Crippen molar-refractivity contribution in [3.8, 4) is 0 Å². The molecule has 0 aromatic heterocycles. The van der Waals surface area contributed by atoms with Gasteiger partial charge in [-0.25, -0.2) is 0 Å². The molecule has 2 aliphatic heterocycles. The van der Waals surface area contributed by atoms with Gasteiger partial charge in [0.25, 0.3) is 0 Å². The summed E-state index contributed by atoms with van der Waals surface area (Å²) >= 11 is 0. The van der Waals surface area contributed by atoms with Crippen LogP contribution in [-0.4, -0.2) is 47.6 Å². The fraction of sp³-hybridized carbons (Fsp3) is 0.818. The van der Waals surface area contributed by atoms with E-state index in [1.54, 1.807) is 0 Å².